The fourth-order valence-corrected chi connectivity index (χ4v) is 5.83. The van der Waals surface area contributed by atoms with Crippen molar-refractivity contribution in [1.29, 1.82) is 0 Å². The van der Waals surface area contributed by atoms with Crippen molar-refractivity contribution in [3.8, 4) is 0 Å². The number of hydrogen-bond donors (Lipinski definition) is 2. The van der Waals surface area contributed by atoms with Gasteiger partial charge < -0.3 is 15.4 Å². The molecule has 0 heterocycles. The van der Waals surface area contributed by atoms with Gasteiger partial charge in [-0.3, -0.25) is 4.79 Å². The highest BCUT2D eigenvalue weighted by molar-refractivity contribution is 9.10. The molecule has 1 aliphatic carbocycles. The van der Waals surface area contributed by atoms with Gasteiger partial charge in [0.25, 0.3) is 5.91 Å². The van der Waals surface area contributed by atoms with Crippen molar-refractivity contribution in [2.75, 3.05) is 17.2 Å². The van der Waals surface area contributed by atoms with Gasteiger partial charge in [-0.25, -0.2) is 4.39 Å². The molecule has 3 aromatic carbocycles. The second kappa shape index (κ2) is 10.1. The molecule has 11 heteroatoms. The number of amides is 1. The van der Waals surface area contributed by atoms with Gasteiger partial charge >= 0.3 is 0 Å². The first-order valence-corrected chi connectivity index (χ1v) is 12.8. The smallest absolute Gasteiger partial charge is 0.257 e. The maximum Gasteiger partial charge on any atom is 0.257 e. The van der Waals surface area contributed by atoms with E-state index >= 15 is 0 Å². The van der Waals surface area contributed by atoms with Crippen LogP contribution < -0.4 is 10.6 Å². The third-order valence-electron chi connectivity index (χ3n) is 5.86. The number of anilines is 2. The molecule has 2 unspecified atom stereocenters. The number of benzene rings is 3. The minimum absolute atomic E-state index is 0.0696. The summed E-state index contributed by atoms with van der Waals surface area (Å²) in [4.78, 5) is 24.9. The van der Waals surface area contributed by atoms with Crippen molar-refractivity contribution in [3.63, 3.8) is 0 Å². The summed E-state index contributed by atoms with van der Waals surface area (Å²) in [5.74, 6) is -1.47. The molecule has 1 aliphatic rings. The standard InChI is InChI=1S/C24H15BrCl5FN2O2/c25-20-18(27)7-12(8-19(20)28)21-23(11-34,24(21,29)30)10-32-15-5-6-17(26)16(9-15)22(35)33-14-3-1-13(31)2-4-14/h1-9,11,21,32H,10H2,(H,33,35). The third kappa shape index (κ3) is 5.02. The topological polar surface area (TPSA) is 58.2 Å². The maximum absolute atomic E-state index is 13.1. The summed E-state index contributed by atoms with van der Waals surface area (Å²) in [5, 5.41) is 6.73. The van der Waals surface area contributed by atoms with E-state index in [1.54, 1.807) is 24.3 Å². The minimum Gasteiger partial charge on any atom is -0.384 e. The molecule has 3 aromatic rings. The number of rotatable bonds is 7. The predicted octanol–water partition coefficient (Wildman–Crippen LogP) is 8.37. The lowest BCUT2D eigenvalue weighted by molar-refractivity contribution is -0.112. The second-order valence-corrected chi connectivity index (χ2v) is 11.4. The summed E-state index contributed by atoms with van der Waals surface area (Å²) in [7, 11) is 0. The number of nitrogens with one attached hydrogen (secondary N) is 2. The van der Waals surface area contributed by atoms with Gasteiger partial charge in [0.1, 0.15) is 16.4 Å². The van der Waals surface area contributed by atoms with Crippen molar-refractivity contribution >= 4 is 97.5 Å². The molecule has 0 aromatic heterocycles. The maximum atomic E-state index is 13.1. The molecule has 1 fully saturated rings. The normalized spacial score (nSPS) is 20.3. The van der Waals surface area contributed by atoms with E-state index in [0.29, 0.717) is 37.7 Å². The summed E-state index contributed by atoms with van der Waals surface area (Å²) in [6.07, 6.45) is 0.715. The first kappa shape index (κ1) is 26.5. The van der Waals surface area contributed by atoms with E-state index in [9.17, 15) is 14.0 Å². The summed E-state index contributed by atoms with van der Waals surface area (Å²) in [5.41, 5.74) is 0.557. The van der Waals surface area contributed by atoms with E-state index in [1.807, 2.05) is 0 Å². The minimum atomic E-state index is -1.41. The molecule has 0 saturated heterocycles. The number of alkyl halides is 2. The molecule has 182 valence electrons. The fraction of sp³-hybridized carbons (Fsp3) is 0.167. The Morgan fingerprint density at radius 1 is 0.971 bits per heavy atom. The average Bonchev–Trinajstić information content (AvgIpc) is 3.32. The quantitative estimate of drug-likeness (QED) is 0.155. The number of carbonyl (C=O) groups excluding carboxylic acids is 2. The van der Waals surface area contributed by atoms with Gasteiger partial charge in [0.05, 0.1) is 30.5 Å². The molecule has 1 saturated carbocycles. The molecule has 4 rings (SSSR count). The van der Waals surface area contributed by atoms with Crippen LogP contribution in [0.4, 0.5) is 15.8 Å². The average molecular weight is 640 g/mol. The highest BCUT2D eigenvalue weighted by atomic mass is 79.9. The second-order valence-electron chi connectivity index (χ2n) is 8.02. The zero-order valence-corrected chi connectivity index (χ0v) is 22.9. The van der Waals surface area contributed by atoms with E-state index in [-0.39, 0.29) is 17.1 Å². The largest absolute Gasteiger partial charge is 0.384 e. The molecule has 2 atom stereocenters. The molecule has 35 heavy (non-hydrogen) atoms. The number of hydrogen-bond acceptors (Lipinski definition) is 3. The van der Waals surface area contributed by atoms with E-state index in [1.165, 1.54) is 30.3 Å². The summed E-state index contributed by atoms with van der Waals surface area (Å²) < 4.78 is 12.3. The van der Waals surface area contributed by atoms with Gasteiger partial charge in [-0.15, -0.1) is 0 Å². The molecule has 0 bridgehead atoms. The van der Waals surface area contributed by atoms with E-state index in [0.717, 1.165) is 0 Å². The molecule has 0 radical (unpaired) electrons. The Morgan fingerprint density at radius 2 is 1.57 bits per heavy atom. The van der Waals surface area contributed by atoms with Gasteiger partial charge in [-0.05, 0) is 76.1 Å². The summed E-state index contributed by atoms with van der Waals surface area (Å²) >= 11 is 35.1. The van der Waals surface area contributed by atoms with Gasteiger partial charge in [-0.2, -0.15) is 0 Å². The van der Waals surface area contributed by atoms with Crippen molar-refractivity contribution in [3.05, 3.63) is 91.1 Å². The number of aldehydes is 1. The van der Waals surface area contributed by atoms with Crippen molar-refractivity contribution in [2.45, 2.75) is 10.3 Å². The summed E-state index contributed by atoms with van der Waals surface area (Å²) in [6.45, 7) is 0.0696. The molecule has 0 aliphatic heterocycles. The molecular weight excluding hydrogens is 624 g/mol. The highest BCUT2D eigenvalue weighted by Gasteiger charge is 2.76. The first-order valence-electron chi connectivity index (χ1n) is 10.1. The van der Waals surface area contributed by atoms with Crippen molar-refractivity contribution in [1.82, 2.24) is 0 Å². The lowest BCUT2D eigenvalue weighted by Crippen LogP contribution is -2.23. The van der Waals surface area contributed by atoms with Gasteiger partial charge in [0.2, 0.25) is 0 Å². The molecule has 0 spiro atoms. The Hall–Kier alpha value is -1.54. The predicted molar refractivity (Wildman–Crippen MR) is 144 cm³/mol. The van der Waals surface area contributed by atoms with Crippen LogP contribution in [0.5, 0.6) is 0 Å². The Labute approximate surface area is 234 Å². The van der Waals surface area contributed by atoms with Crippen LogP contribution in [-0.2, 0) is 4.79 Å². The SMILES string of the molecule is O=CC1(CNc2ccc(Cl)c(C(=O)Nc3ccc(F)cc3)c2)C(c2cc(Cl)c(Br)c(Cl)c2)C1(Cl)Cl. The van der Waals surface area contributed by atoms with Crippen LogP contribution in [-0.4, -0.2) is 23.1 Å². The zero-order chi connectivity index (χ0) is 25.5. The monoisotopic (exact) mass is 636 g/mol. The van der Waals surface area contributed by atoms with Crippen LogP contribution in [0.15, 0.2) is 59.1 Å². The first-order chi connectivity index (χ1) is 16.5. The van der Waals surface area contributed by atoms with Gasteiger partial charge in [-0.1, -0.05) is 58.0 Å². The zero-order valence-electron chi connectivity index (χ0n) is 17.5. The lowest BCUT2D eigenvalue weighted by atomic mass is 10.00. The number of halogens is 7. The Kier molecular flexibility index (Phi) is 7.64. The molecule has 2 N–H and O–H groups in total. The van der Waals surface area contributed by atoms with Crippen LogP contribution in [0.25, 0.3) is 0 Å². The van der Waals surface area contributed by atoms with Crippen LogP contribution in [0, 0.1) is 11.2 Å². The fourth-order valence-electron chi connectivity index (χ4n) is 3.92. The van der Waals surface area contributed by atoms with Crippen LogP contribution in [0.3, 0.4) is 0 Å². The van der Waals surface area contributed by atoms with Crippen molar-refractivity contribution < 1.29 is 14.0 Å². The van der Waals surface area contributed by atoms with Gasteiger partial charge in [0, 0.05) is 23.8 Å². The molecule has 1 amide bonds. The van der Waals surface area contributed by atoms with E-state index in [2.05, 4.69) is 26.6 Å². The Balaban J connectivity index is 1.54. The molecular formula is C24H15BrCl5FN2O2. The van der Waals surface area contributed by atoms with E-state index < -0.39 is 27.4 Å². The number of carbonyl (C=O) groups is 2. The molecule has 4 nitrogen and oxygen atoms in total. The Bertz CT molecular complexity index is 1300. The summed E-state index contributed by atoms with van der Waals surface area (Å²) in [6, 6.07) is 13.4. The van der Waals surface area contributed by atoms with Gasteiger partial charge in [0.15, 0.2) is 0 Å². The van der Waals surface area contributed by atoms with Crippen LogP contribution in [0.1, 0.15) is 21.8 Å². The van der Waals surface area contributed by atoms with E-state index in [4.69, 9.17) is 58.0 Å². The Morgan fingerprint density at radius 3 is 2.17 bits per heavy atom. The third-order valence-corrected chi connectivity index (χ3v) is 9.24. The van der Waals surface area contributed by atoms with Crippen LogP contribution in [0.2, 0.25) is 15.1 Å². The van der Waals surface area contributed by atoms with Crippen molar-refractivity contribution in [2.24, 2.45) is 5.41 Å². The van der Waals surface area contributed by atoms with Crippen LogP contribution >= 0.6 is 73.9 Å². The highest BCUT2D eigenvalue weighted by Crippen LogP contribution is 2.73. The lowest BCUT2D eigenvalue weighted by Gasteiger charge is -2.15.